The van der Waals surface area contributed by atoms with Gasteiger partial charge in [0.1, 0.15) is 5.58 Å². The van der Waals surface area contributed by atoms with Gasteiger partial charge >= 0.3 is 0 Å². The minimum Gasteiger partial charge on any atom is -0.501 e. The van der Waals surface area contributed by atoms with Gasteiger partial charge in [0.05, 0.1) is 16.9 Å². The first-order valence-corrected chi connectivity index (χ1v) is 17.3. The number of aromatic nitrogens is 4. The minimum atomic E-state index is -2.09. The Morgan fingerprint density at radius 3 is 2.15 bits per heavy atom. The summed E-state index contributed by atoms with van der Waals surface area (Å²) in [5.74, 6) is 1.44. The molecule has 9 rings (SSSR count). The van der Waals surface area contributed by atoms with Crippen molar-refractivity contribution in [3.05, 3.63) is 156 Å². The van der Waals surface area contributed by atoms with Crippen molar-refractivity contribution in [1.29, 1.82) is 0 Å². The zero-order chi connectivity index (χ0) is 37.6. The molecular weight excluding hydrogens is 817 g/mol. The molecule has 259 valence electrons. The molecule has 0 spiro atoms. The summed E-state index contributed by atoms with van der Waals surface area (Å²) in [5.41, 5.74) is 9.80. The van der Waals surface area contributed by atoms with Crippen molar-refractivity contribution in [2.45, 2.75) is 46.4 Å². The Labute approximate surface area is 322 Å². The van der Waals surface area contributed by atoms with Gasteiger partial charge in [0.2, 0.25) is 0 Å². The Kier molecular flexibility index (Phi) is 8.84. The second-order valence-electron chi connectivity index (χ2n) is 13.3. The van der Waals surface area contributed by atoms with E-state index in [0.717, 1.165) is 60.9 Å². The maximum atomic E-state index is 7.23. The summed E-state index contributed by atoms with van der Waals surface area (Å²) in [4.78, 5) is 14.2. The van der Waals surface area contributed by atoms with Gasteiger partial charge in [0, 0.05) is 58.5 Å². The molecule has 4 heterocycles. The molecule has 0 aliphatic heterocycles. The topological polar surface area (TPSA) is 56.7 Å². The van der Waals surface area contributed by atoms with Crippen LogP contribution >= 0.6 is 0 Å². The average molecular weight is 858 g/mol. The van der Waals surface area contributed by atoms with Gasteiger partial charge in [-0.2, -0.15) is 0 Å². The van der Waals surface area contributed by atoms with Crippen molar-refractivity contribution in [2.24, 2.45) is 0 Å². The van der Waals surface area contributed by atoms with Crippen molar-refractivity contribution < 1.29 is 28.6 Å². The molecule has 5 aromatic carbocycles. The van der Waals surface area contributed by atoms with Gasteiger partial charge in [-0.15, -0.1) is 54.1 Å². The summed E-state index contributed by atoms with van der Waals surface area (Å²) >= 11 is 0. The summed E-state index contributed by atoms with van der Waals surface area (Å²) in [7, 11) is 0. The number of aryl methyl sites for hydroxylation is 1. The average Bonchev–Trinajstić information content (AvgIpc) is 3.77. The van der Waals surface area contributed by atoms with Crippen LogP contribution in [0.2, 0.25) is 0 Å². The number of rotatable bonds is 5. The summed E-state index contributed by atoms with van der Waals surface area (Å²) in [5, 5.41) is 4.37. The van der Waals surface area contributed by atoms with E-state index in [-0.39, 0.29) is 25.7 Å². The molecule has 9 aromatic rings. The Hall–Kier alpha value is -5.42. The number of benzene rings is 5. The quantitative estimate of drug-likeness (QED) is 0.162. The molecule has 4 aromatic heterocycles. The molecule has 0 aliphatic rings. The second kappa shape index (κ2) is 14.7. The largest absolute Gasteiger partial charge is 0.501 e. The Morgan fingerprint density at radius 1 is 0.692 bits per heavy atom. The van der Waals surface area contributed by atoms with E-state index in [2.05, 4.69) is 104 Å². The van der Waals surface area contributed by atoms with E-state index in [0.29, 0.717) is 17.5 Å². The third-order valence-electron chi connectivity index (χ3n) is 9.28. The number of para-hydroxylation sites is 2. The molecule has 0 fully saturated rings. The second-order valence-corrected chi connectivity index (χ2v) is 13.3. The number of imidazole rings is 1. The van der Waals surface area contributed by atoms with Crippen LogP contribution in [0, 0.1) is 19.0 Å². The van der Waals surface area contributed by atoms with Gasteiger partial charge < -0.3 is 14.0 Å². The van der Waals surface area contributed by atoms with Crippen LogP contribution in [0.1, 0.15) is 60.3 Å². The fraction of sp³-hybridized carbons (Fsp3) is 0.152. The Morgan fingerprint density at radius 2 is 1.44 bits per heavy atom. The van der Waals surface area contributed by atoms with Crippen LogP contribution in [-0.2, 0) is 20.1 Å². The molecule has 0 N–H and O–H groups in total. The van der Waals surface area contributed by atoms with E-state index in [1.165, 1.54) is 23.0 Å². The minimum absolute atomic E-state index is 0. The standard InChI is InChI=1S/C34H28N3O.C12H10N.Ir/c1-20(2)23-14-9-15-24(21(3)4)30(23)37-31-25-12-6-5-11-22(25)19-35-33(31)36-34(37)28-17-10-16-27-26-13-7-8-18-29(26)38-32(27)28;1-10-7-8-12(13-9-10)11-5-3-2-4-6-11;/h5-16,18-21H,1-4H3;2-5,7-9H,1H3;/q2*-1;/i;1D3;. The van der Waals surface area contributed by atoms with Crippen LogP contribution in [0.3, 0.4) is 0 Å². The van der Waals surface area contributed by atoms with Crippen molar-refractivity contribution in [1.82, 2.24) is 19.5 Å². The summed E-state index contributed by atoms with van der Waals surface area (Å²) in [6, 6.07) is 44.6. The van der Waals surface area contributed by atoms with Gasteiger partial charge in [0.25, 0.3) is 0 Å². The first kappa shape index (κ1) is 31.3. The van der Waals surface area contributed by atoms with Crippen LogP contribution in [0.15, 0.2) is 132 Å². The normalized spacial score (nSPS) is 12.5. The first-order chi connectivity index (χ1) is 26.1. The molecule has 0 atom stereocenters. The van der Waals surface area contributed by atoms with Crippen molar-refractivity contribution >= 4 is 43.9 Å². The summed E-state index contributed by atoms with van der Waals surface area (Å²) in [6.45, 7) is 6.93. The monoisotopic (exact) mass is 858 g/mol. The van der Waals surface area contributed by atoms with Gasteiger partial charge in [-0.05, 0) is 47.1 Å². The molecule has 52 heavy (non-hydrogen) atoms. The van der Waals surface area contributed by atoms with E-state index >= 15 is 0 Å². The maximum absolute atomic E-state index is 7.23. The van der Waals surface area contributed by atoms with Gasteiger partial charge in [-0.25, -0.2) is 4.98 Å². The molecule has 5 nitrogen and oxygen atoms in total. The molecule has 0 unspecified atom stereocenters. The van der Waals surface area contributed by atoms with Crippen molar-refractivity contribution in [3.63, 3.8) is 0 Å². The number of furan rings is 1. The number of hydrogen-bond acceptors (Lipinski definition) is 4. The molecule has 0 aliphatic carbocycles. The first-order valence-electron chi connectivity index (χ1n) is 18.8. The Balaban J connectivity index is 0.000000231. The zero-order valence-corrected chi connectivity index (χ0v) is 31.7. The van der Waals surface area contributed by atoms with E-state index in [4.69, 9.17) is 18.5 Å². The third kappa shape index (κ3) is 6.34. The maximum Gasteiger partial charge on any atom is 0.169 e. The molecule has 6 heteroatoms. The summed E-state index contributed by atoms with van der Waals surface area (Å²) in [6.07, 6.45) is 3.31. The number of hydrogen-bond donors (Lipinski definition) is 0. The van der Waals surface area contributed by atoms with Gasteiger partial charge in [-0.1, -0.05) is 111 Å². The van der Waals surface area contributed by atoms with E-state index in [9.17, 15) is 0 Å². The third-order valence-corrected chi connectivity index (χ3v) is 9.28. The van der Waals surface area contributed by atoms with E-state index in [1.54, 1.807) is 18.2 Å². The molecule has 0 bridgehead atoms. The van der Waals surface area contributed by atoms with Gasteiger partial charge in [-0.3, -0.25) is 4.98 Å². The van der Waals surface area contributed by atoms with Crippen LogP contribution in [0.4, 0.5) is 0 Å². The predicted octanol–water partition coefficient (Wildman–Crippen LogP) is 12.0. The number of nitrogens with zero attached hydrogens (tertiary/aromatic N) is 4. The van der Waals surface area contributed by atoms with E-state index in [1.807, 2.05) is 48.7 Å². The zero-order valence-electron chi connectivity index (χ0n) is 32.3. The fourth-order valence-electron chi connectivity index (χ4n) is 6.81. The Bertz CT molecular complexity index is 2740. The molecule has 0 saturated carbocycles. The fourth-order valence-corrected chi connectivity index (χ4v) is 6.81. The van der Waals surface area contributed by atoms with Crippen LogP contribution in [0.5, 0.6) is 0 Å². The van der Waals surface area contributed by atoms with Crippen LogP contribution in [0.25, 0.3) is 72.2 Å². The van der Waals surface area contributed by atoms with Crippen LogP contribution in [-0.4, -0.2) is 19.5 Å². The molecule has 0 amide bonds. The molecule has 1 radical (unpaired) electrons. The van der Waals surface area contributed by atoms with E-state index < -0.39 is 6.85 Å². The molecular formula is C46H38IrN4O-2. The number of fused-ring (bicyclic) bond motifs is 6. The van der Waals surface area contributed by atoms with Crippen LogP contribution < -0.4 is 0 Å². The van der Waals surface area contributed by atoms with Crippen molar-refractivity contribution in [2.75, 3.05) is 0 Å². The number of pyridine rings is 2. The SMILES string of the molecule is CC(C)c1cccc(C(C)C)c1-n1c(-c2[c-]ccc3c2oc2ccccc23)nc2ncc3ccccc3c21.[2H]C([2H])([2H])c1ccc(-c2[c-]cccc2)nc1.[Ir]. The molecule has 0 saturated heterocycles. The predicted molar refractivity (Wildman–Crippen MR) is 209 cm³/mol. The van der Waals surface area contributed by atoms with Crippen molar-refractivity contribution in [3.8, 4) is 28.3 Å². The smallest absolute Gasteiger partial charge is 0.169 e. The van der Waals surface area contributed by atoms with Gasteiger partial charge in [0.15, 0.2) is 5.65 Å². The summed E-state index contributed by atoms with van der Waals surface area (Å²) < 4.78 is 30.5.